The average molecular weight is 809 g/mol. The van der Waals surface area contributed by atoms with Crippen molar-refractivity contribution in [3.05, 3.63) is 72.9 Å². The SMILES string of the molecule is CC/C=C\C/C=C\C/C=C\C/C=C\C/C=C\C/C=C\CCCCC(=O)OC(COCCCCCCCCCCCCCCCC)COP(=O)(O)OCC(O)CO. The summed E-state index contributed by atoms with van der Waals surface area (Å²) in [5.41, 5.74) is 0. The summed E-state index contributed by atoms with van der Waals surface area (Å²) in [5, 5.41) is 18.3. The first kappa shape index (κ1) is 53.9. The van der Waals surface area contributed by atoms with Gasteiger partial charge < -0.3 is 24.6 Å². The van der Waals surface area contributed by atoms with Crippen molar-refractivity contribution in [2.24, 2.45) is 0 Å². The molecule has 0 fully saturated rings. The second kappa shape index (κ2) is 42.5. The topological polar surface area (TPSA) is 132 Å². The first-order valence-corrected chi connectivity index (χ1v) is 23.4. The molecule has 3 N–H and O–H groups in total. The van der Waals surface area contributed by atoms with Crippen molar-refractivity contribution in [2.45, 2.75) is 180 Å². The van der Waals surface area contributed by atoms with Crippen LogP contribution in [0.15, 0.2) is 72.9 Å². The van der Waals surface area contributed by atoms with Crippen LogP contribution >= 0.6 is 7.82 Å². The number of ether oxygens (including phenoxy) is 2. The van der Waals surface area contributed by atoms with Gasteiger partial charge in [-0.25, -0.2) is 4.57 Å². The van der Waals surface area contributed by atoms with Gasteiger partial charge in [0.15, 0.2) is 0 Å². The Balaban J connectivity index is 4.27. The molecule has 0 aliphatic rings. The molecule has 0 radical (unpaired) electrons. The van der Waals surface area contributed by atoms with Gasteiger partial charge in [-0.05, 0) is 64.2 Å². The summed E-state index contributed by atoms with van der Waals surface area (Å²) >= 11 is 0. The minimum Gasteiger partial charge on any atom is -0.457 e. The Morgan fingerprint density at radius 2 is 1.02 bits per heavy atom. The summed E-state index contributed by atoms with van der Waals surface area (Å²) < 4.78 is 33.3. The second-order valence-electron chi connectivity index (χ2n) is 14.3. The molecular formula is C46H81O9P. The van der Waals surface area contributed by atoms with Crippen LogP contribution in [0.25, 0.3) is 0 Å². The van der Waals surface area contributed by atoms with Crippen molar-refractivity contribution in [1.29, 1.82) is 0 Å². The molecule has 0 spiro atoms. The molecule has 0 bridgehead atoms. The van der Waals surface area contributed by atoms with Crippen LogP contribution in [0.3, 0.4) is 0 Å². The van der Waals surface area contributed by atoms with Gasteiger partial charge in [0.2, 0.25) is 0 Å². The summed E-state index contributed by atoms with van der Waals surface area (Å²) in [7, 11) is -4.53. The van der Waals surface area contributed by atoms with Crippen molar-refractivity contribution >= 4 is 13.8 Å². The molecule has 0 aliphatic carbocycles. The quantitative estimate of drug-likeness (QED) is 0.0239. The number of unbranched alkanes of at least 4 members (excludes halogenated alkanes) is 15. The maximum Gasteiger partial charge on any atom is 0.472 e. The predicted molar refractivity (Wildman–Crippen MR) is 233 cm³/mol. The number of carbonyl (C=O) groups is 1. The number of aliphatic hydroxyl groups is 2. The molecular weight excluding hydrogens is 727 g/mol. The van der Waals surface area contributed by atoms with Crippen LogP contribution in [-0.2, 0) is 27.9 Å². The van der Waals surface area contributed by atoms with Gasteiger partial charge in [-0.2, -0.15) is 0 Å². The third-order valence-corrected chi connectivity index (χ3v) is 9.86. The Bertz CT molecular complexity index is 1100. The molecule has 0 aliphatic heterocycles. The lowest BCUT2D eigenvalue weighted by Gasteiger charge is -2.20. The Hall–Kier alpha value is -2.10. The van der Waals surface area contributed by atoms with E-state index in [1.54, 1.807) is 0 Å². The second-order valence-corrected chi connectivity index (χ2v) is 15.8. The molecule has 10 heteroatoms. The molecule has 0 amide bonds. The zero-order valence-corrected chi connectivity index (χ0v) is 36.2. The van der Waals surface area contributed by atoms with Crippen molar-refractivity contribution in [3.63, 3.8) is 0 Å². The van der Waals surface area contributed by atoms with Gasteiger partial charge in [-0.3, -0.25) is 13.8 Å². The molecule has 0 saturated carbocycles. The number of rotatable bonds is 41. The molecule has 3 unspecified atom stereocenters. The highest BCUT2D eigenvalue weighted by Gasteiger charge is 2.26. The summed E-state index contributed by atoms with van der Waals surface area (Å²) in [6.07, 6.45) is 50.0. The molecule has 0 aromatic carbocycles. The Kier molecular flexibility index (Phi) is 40.9. The van der Waals surface area contributed by atoms with Crippen molar-refractivity contribution in [2.75, 3.05) is 33.0 Å². The van der Waals surface area contributed by atoms with Crippen LogP contribution in [0, 0.1) is 0 Å². The van der Waals surface area contributed by atoms with Crippen LogP contribution in [0.2, 0.25) is 0 Å². The minimum atomic E-state index is -4.53. The molecule has 9 nitrogen and oxygen atoms in total. The van der Waals surface area contributed by atoms with Gasteiger partial charge in [0, 0.05) is 13.0 Å². The Morgan fingerprint density at radius 3 is 1.50 bits per heavy atom. The maximum atomic E-state index is 12.6. The molecule has 56 heavy (non-hydrogen) atoms. The van der Waals surface area contributed by atoms with E-state index in [1.807, 2.05) is 0 Å². The number of carbonyl (C=O) groups excluding carboxylic acids is 1. The standard InChI is InChI=1S/C46H81O9P/c1-3-5-7-9-11-13-15-17-19-20-21-22-23-24-25-26-28-30-32-34-36-38-46(49)55-45(43-54-56(50,51)53-41-44(48)40-47)42-52-39-37-35-33-31-29-27-18-16-14-12-10-8-6-4-2/h5,7,11,13,17,19,21-22,24-25,28,30,44-45,47-48H,3-4,6,8-10,12,14-16,18,20,23,26-27,29,31-43H2,1-2H3,(H,50,51)/b7-5-,13-11-,19-17-,22-21-,25-24-,30-28-. The monoisotopic (exact) mass is 809 g/mol. The Morgan fingerprint density at radius 1 is 0.571 bits per heavy atom. The van der Waals surface area contributed by atoms with E-state index in [9.17, 15) is 19.4 Å². The number of phosphoric acid groups is 1. The zero-order chi connectivity index (χ0) is 41.1. The molecule has 0 rings (SSSR count). The molecule has 3 atom stereocenters. The van der Waals surface area contributed by atoms with E-state index < -0.39 is 45.8 Å². The largest absolute Gasteiger partial charge is 0.472 e. The highest BCUT2D eigenvalue weighted by Crippen LogP contribution is 2.43. The van der Waals surface area contributed by atoms with Gasteiger partial charge >= 0.3 is 13.8 Å². The highest BCUT2D eigenvalue weighted by atomic mass is 31.2. The lowest BCUT2D eigenvalue weighted by Crippen LogP contribution is -2.29. The fraction of sp³-hybridized carbons (Fsp3) is 0.717. The number of esters is 1. The van der Waals surface area contributed by atoms with Crippen molar-refractivity contribution < 1.29 is 43.0 Å². The number of hydrogen-bond donors (Lipinski definition) is 3. The minimum absolute atomic E-state index is 0.0297. The van der Waals surface area contributed by atoms with Crippen LogP contribution in [-0.4, -0.2) is 66.3 Å². The normalized spacial score (nSPS) is 14.7. The van der Waals surface area contributed by atoms with Gasteiger partial charge in [-0.15, -0.1) is 0 Å². The van der Waals surface area contributed by atoms with Crippen molar-refractivity contribution in [3.8, 4) is 0 Å². The van der Waals surface area contributed by atoms with Gasteiger partial charge in [0.1, 0.15) is 12.2 Å². The lowest BCUT2D eigenvalue weighted by molar-refractivity contribution is -0.154. The van der Waals surface area contributed by atoms with Crippen molar-refractivity contribution in [1.82, 2.24) is 0 Å². The van der Waals surface area contributed by atoms with E-state index in [4.69, 9.17) is 23.6 Å². The summed E-state index contributed by atoms with van der Waals surface area (Å²) in [6, 6.07) is 0. The lowest BCUT2D eigenvalue weighted by atomic mass is 10.0. The molecule has 324 valence electrons. The predicted octanol–water partition coefficient (Wildman–Crippen LogP) is 12.1. The number of allylic oxidation sites excluding steroid dienone is 12. The van der Waals surface area contributed by atoms with Crippen LogP contribution in [0.5, 0.6) is 0 Å². The van der Waals surface area contributed by atoms with E-state index in [2.05, 4.69) is 86.8 Å². The van der Waals surface area contributed by atoms with Crippen LogP contribution < -0.4 is 0 Å². The number of phosphoric ester groups is 1. The van der Waals surface area contributed by atoms with Crippen LogP contribution in [0.1, 0.15) is 168 Å². The summed E-state index contributed by atoms with van der Waals surface area (Å²) in [4.78, 5) is 22.6. The number of hydrogen-bond acceptors (Lipinski definition) is 8. The average Bonchev–Trinajstić information content (AvgIpc) is 3.19. The van der Waals surface area contributed by atoms with E-state index in [0.29, 0.717) is 13.0 Å². The molecule has 0 aromatic rings. The fourth-order valence-corrected chi connectivity index (χ4v) is 6.38. The third-order valence-electron chi connectivity index (χ3n) is 8.91. The fourth-order valence-electron chi connectivity index (χ4n) is 5.59. The molecule has 0 saturated heterocycles. The van der Waals surface area contributed by atoms with E-state index in [1.165, 1.54) is 70.6 Å². The molecule has 0 aromatic heterocycles. The first-order valence-electron chi connectivity index (χ1n) is 21.9. The van der Waals surface area contributed by atoms with E-state index in [0.717, 1.165) is 70.6 Å². The Labute approximate surface area is 342 Å². The van der Waals surface area contributed by atoms with Crippen LogP contribution in [0.4, 0.5) is 0 Å². The van der Waals surface area contributed by atoms with Gasteiger partial charge in [-0.1, -0.05) is 170 Å². The zero-order valence-electron chi connectivity index (χ0n) is 35.3. The first-order chi connectivity index (χ1) is 27.3. The van der Waals surface area contributed by atoms with Gasteiger partial charge in [0.25, 0.3) is 0 Å². The summed E-state index contributed by atoms with van der Waals surface area (Å²) in [5.74, 6) is -0.425. The third kappa shape index (κ3) is 41.5. The molecule has 0 heterocycles. The van der Waals surface area contributed by atoms with E-state index >= 15 is 0 Å². The van der Waals surface area contributed by atoms with E-state index in [-0.39, 0.29) is 13.0 Å². The maximum absolute atomic E-state index is 12.6. The number of aliphatic hydroxyl groups excluding tert-OH is 2. The van der Waals surface area contributed by atoms with Gasteiger partial charge in [0.05, 0.1) is 26.4 Å². The highest BCUT2D eigenvalue weighted by molar-refractivity contribution is 7.47. The summed E-state index contributed by atoms with van der Waals surface area (Å²) in [6.45, 7) is 3.34. The smallest absolute Gasteiger partial charge is 0.457 e.